The molecule has 2 aromatic heterocycles. The van der Waals surface area contributed by atoms with Crippen LogP contribution < -0.4 is 10.2 Å². The van der Waals surface area contributed by atoms with Crippen molar-refractivity contribution in [1.82, 2.24) is 15.2 Å². The highest BCUT2D eigenvalue weighted by atomic mass is 32.2. The van der Waals surface area contributed by atoms with Crippen LogP contribution in [0.1, 0.15) is 32.1 Å². The summed E-state index contributed by atoms with van der Waals surface area (Å²) in [6, 6.07) is 4.07. The fourth-order valence-corrected chi connectivity index (χ4v) is 5.32. The molecule has 0 unspecified atom stereocenters. The van der Waals surface area contributed by atoms with Crippen molar-refractivity contribution in [3.63, 3.8) is 0 Å². The number of aromatic nitrogens is 1. The molecule has 2 aliphatic rings. The van der Waals surface area contributed by atoms with Gasteiger partial charge in [-0.15, -0.1) is 0 Å². The van der Waals surface area contributed by atoms with E-state index >= 15 is 0 Å². The Balaban J connectivity index is 1.16. The minimum Gasteiger partial charge on any atom is -0.460 e. The molecule has 1 aliphatic carbocycles. The zero-order valence-electron chi connectivity index (χ0n) is 18.1. The Labute approximate surface area is 183 Å². The highest BCUT2D eigenvalue weighted by Crippen LogP contribution is 2.28. The number of rotatable bonds is 7. The molecule has 31 heavy (non-hydrogen) atoms. The highest BCUT2D eigenvalue weighted by Gasteiger charge is 2.25. The van der Waals surface area contributed by atoms with Crippen LogP contribution in [0.3, 0.4) is 0 Å². The number of pyridine rings is 1. The van der Waals surface area contributed by atoms with E-state index in [2.05, 4.69) is 20.1 Å². The molecule has 1 amide bonds. The maximum absolute atomic E-state index is 11.8. The molecule has 2 aromatic rings. The van der Waals surface area contributed by atoms with Gasteiger partial charge in [0.15, 0.2) is 21.2 Å². The SMILES string of the molecule is CS(=O)(=O)CC(=O)NC1CCC(CCN2CCN(c3nccc4ccoc34)CC2)CC1. The maximum atomic E-state index is 11.8. The molecule has 3 heterocycles. The number of hydrogen-bond acceptors (Lipinski definition) is 7. The number of piperazine rings is 1. The maximum Gasteiger partial charge on any atom is 0.235 e. The number of amides is 1. The van der Waals surface area contributed by atoms with Crippen molar-refractivity contribution < 1.29 is 17.6 Å². The summed E-state index contributed by atoms with van der Waals surface area (Å²) in [7, 11) is -3.27. The van der Waals surface area contributed by atoms with E-state index in [9.17, 15) is 13.2 Å². The molecule has 1 saturated carbocycles. The number of carbonyl (C=O) groups excluding carboxylic acids is 1. The van der Waals surface area contributed by atoms with Gasteiger partial charge in [-0.2, -0.15) is 0 Å². The molecular weight excluding hydrogens is 416 g/mol. The molecule has 9 heteroatoms. The van der Waals surface area contributed by atoms with Crippen LogP contribution in [0, 0.1) is 5.92 Å². The van der Waals surface area contributed by atoms with E-state index in [0.29, 0.717) is 5.92 Å². The third-order valence-corrected chi connectivity index (χ3v) is 7.27. The van der Waals surface area contributed by atoms with Crippen LogP contribution in [-0.4, -0.2) is 75.0 Å². The molecule has 0 aromatic carbocycles. The van der Waals surface area contributed by atoms with Crippen LogP contribution in [0.25, 0.3) is 11.0 Å². The average molecular weight is 449 g/mol. The summed E-state index contributed by atoms with van der Waals surface area (Å²) in [5.74, 6) is 0.838. The highest BCUT2D eigenvalue weighted by molar-refractivity contribution is 7.91. The second-order valence-electron chi connectivity index (χ2n) is 8.95. The Morgan fingerprint density at radius 1 is 1.16 bits per heavy atom. The van der Waals surface area contributed by atoms with E-state index in [1.54, 1.807) is 6.26 Å². The fourth-order valence-electron chi connectivity index (χ4n) is 4.76. The van der Waals surface area contributed by atoms with Crippen LogP contribution in [0.4, 0.5) is 5.82 Å². The zero-order valence-corrected chi connectivity index (χ0v) is 18.9. The summed E-state index contributed by atoms with van der Waals surface area (Å²) in [6.45, 7) is 5.05. The lowest BCUT2D eigenvalue weighted by Crippen LogP contribution is -2.47. The van der Waals surface area contributed by atoms with Crippen LogP contribution >= 0.6 is 0 Å². The summed E-state index contributed by atoms with van der Waals surface area (Å²) in [5.41, 5.74) is 0.872. The zero-order chi connectivity index (χ0) is 21.8. The minimum atomic E-state index is -3.27. The van der Waals surface area contributed by atoms with Crippen molar-refractivity contribution in [3.8, 4) is 0 Å². The van der Waals surface area contributed by atoms with Gasteiger partial charge in [-0.25, -0.2) is 13.4 Å². The number of nitrogens with one attached hydrogen (secondary N) is 1. The normalized spacial score (nSPS) is 23.2. The average Bonchev–Trinajstić information content (AvgIpc) is 3.21. The van der Waals surface area contributed by atoms with Crippen molar-refractivity contribution in [2.45, 2.75) is 38.1 Å². The van der Waals surface area contributed by atoms with E-state index in [0.717, 1.165) is 81.4 Å². The number of furan rings is 1. The third-order valence-electron chi connectivity index (χ3n) is 6.48. The van der Waals surface area contributed by atoms with Crippen LogP contribution in [0.5, 0.6) is 0 Å². The number of anilines is 1. The topological polar surface area (TPSA) is 95.8 Å². The van der Waals surface area contributed by atoms with Crippen LogP contribution in [0.2, 0.25) is 0 Å². The van der Waals surface area contributed by atoms with Crippen LogP contribution in [-0.2, 0) is 14.6 Å². The Kier molecular flexibility index (Phi) is 6.81. The van der Waals surface area contributed by atoms with Crippen LogP contribution in [0.15, 0.2) is 29.0 Å². The molecule has 8 nitrogen and oxygen atoms in total. The second-order valence-corrected chi connectivity index (χ2v) is 11.1. The number of hydrogen-bond donors (Lipinski definition) is 1. The summed E-state index contributed by atoms with van der Waals surface area (Å²) in [5, 5.41) is 3.98. The predicted octanol–water partition coefficient (Wildman–Crippen LogP) is 2.06. The molecule has 0 radical (unpaired) electrons. The first-order valence-corrected chi connectivity index (χ1v) is 13.2. The lowest BCUT2D eigenvalue weighted by molar-refractivity contribution is -0.119. The molecule has 4 rings (SSSR count). The van der Waals surface area contributed by atoms with E-state index in [1.165, 1.54) is 6.42 Å². The molecule has 1 saturated heterocycles. The number of carbonyl (C=O) groups is 1. The first-order chi connectivity index (χ1) is 14.9. The molecule has 0 spiro atoms. The molecule has 1 N–H and O–H groups in total. The van der Waals surface area contributed by atoms with Crippen molar-refractivity contribution in [3.05, 3.63) is 24.6 Å². The van der Waals surface area contributed by atoms with Gasteiger partial charge >= 0.3 is 0 Å². The first kappa shape index (κ1) is 22.1. The summed E-state index contributed by atoms with van der Waals surface area (Å²) in [4.78, 5) is 21.2. The van der Waals surface area contributed by atoms with E-state index in [4.69, 9.17) is 4.42 Å². The van der Waals surface area contributed by atoms with E-state index < -0.39 is 15.6 Å². The number of fused-ring (bicyclic) bond motifs is 1. The lowest BCUT2D eigenvalue weighted by atomic mass is 9.84. The summed E-state index contributed by atoms with van der Waals surface area (Å²) >= 11 is 0. The quantitative estimate of drug-likeness (QED) is 0.693. The third kappa shape index (κ3) is 5.98. The largest absolute Gasteiger partial charge is 0.460 e. The Morgan fingerprint density at radius 2 is 1.90 bits per heavy atom. The van der Waals surface area contributed by atoms with Gasteiger partial charge in [0.05, 0.1) is 6.26 Å². The predicted molar refractivity (Wildman–Crippen MR) is 121 cm³/mol. The Morgan fingerprint density at radius 3 is 2.61 bits per heavy atom. The summed E-state index contributed by atoms with van der Waals surface area (Å²) < 4.78 is 28.1. The van der Waals surface area contributed by atoms with Gasteiger partial charge in [0.2, 0.25) is 5.91 Å². The Hall–Kier alpha value is -2.13. The smallest absolute Gasteiger partial charge is 0.235 e. The van der Waals surface area contributed by atoms with Gasteiger partial charge in [-0.1, -0.05) is 0 Å². The molecule has 0 bridgehead atoms. The standard InChI is InChI=1S/C22H32N4O4S/c1-31(28,29)16-20(27)24-19-4-2-17(3-5-19)7-10-25-11-13-26(14-12-25)22-21-18(6-9-23-22)8-15-30-21/h6,8-9,15,17,19H,2-5,7,10-14,16H2,1H3,(H,24,27). The molecule has 1 aliphatic heterocycles. The summed E-state index contributed by atoms with van der Waals surface area (Å²) in [6.07, 6.45) is 9.90. The number of sulfone groups is 1. The number of nitrogens with zero attached hydrogens (tertiary/aromatic N) is 3. The molecule has 170 valence electrons. The molecule has 2 fully saturated rings. The van der Waals surface area contributed by atoms with Crippen molar-refractivity contribution in [1.29, 1.82) is 0 Å². The van der Waals surface area contributed by atoms with Gasteiger partial charge in [0.25, 0.3) is 0 Å². The molecular formula is C22H32N4O4S. The van der Waals surface area contributed by atoms with Gasteiger partial charge in [0, 0.05) is 50.1 Å². The van der Waals surface area contributed by atoms with Gasteiger partial charge in [-0.3, -0.25) is 9.69 Å². The van der Waals surface area contributed by atoms with Crippen molar-refractivity contribution >= 4 is 32.5 Å². The lowest BCUT2D eigenvalue weighted by Gasteiger charge is -2.36. The fraction of sp³-hybridized carbons (Fsp3) is 0.636. The van der Waals surface area contributed by atoms with Crippen molar-refractivity contribution in [2.24, 2.45) is 5.92 Å². The first-order valence-electron chi connectivity index (χ1n) is 11.1. The van der Waals surface area contributed by atoms with Gasteiger partial charge < -0.3 is 14.6 Å². The minimum absolute atomic E-state index is 0.117. The second kappa shape index (κ2) is 9.56. The monoisotopic (exact) mass is 448 g/mol. The Bertz CT molecular complexity index is 990. The van der Waals surface area contributed by atoms with E-state index in [-0.39, 0.29) is 11.9 Å². The van der Waals surface area contributed by atoms with Gasteiger partial charge in [-0.05, 0) is 56.7 Å². The van der Waals surface area contributed by atoms with Gasteiger partial charge in [0.1, 0.15) is 5.75 Å². The molecule has 0 atom stereocenters. The van der Waals surface area contributed by atoms with E-state index in [1.807, 2.05) is 18.3 Å². The van der Waals surface area contributed by atoms with Crippen molar-refractivity contribution in [2.75, 3.05) is 49.6 Å².